The molecule has 0 radical (unpaired) electrons. The fraction of sp³-hybridized carbons (Fsp3) is 0.273. The maximum absolute atomic E-state index is 10.0. The molecule has 140 valence electrons. The van der Waals surface area contributed by atoms with Gasteiger partial charge in [0.15, 0.2) is 0 Å². The zero-order valence-electron chi connectivity index (χ0n) is 15.6. The second-order valence-corrected chi connectivity index (χ2v) is 6.99. The van der Waals surface area contributed by atoms with Gasteiger partial charge in [0.25, 0.3) is 0 Å². The van der Waals surface area contributed by atoms with Gasteiger partial charge in [-0.05, 0) is 47.9 Å². The van der Waals surface area contributed by atoms with Gasteiger partial charge in [-0.3, -0.25) is 0 Å². The van der Waals surface area contributed by atoms with Crippen molar-refractivity contribution in [2.24, 2.45) is 0 Å². The molecule has 0 aromatic heterocycles. The van der Waals surface area contributed by atoms with Crippen molar-refractivity contribution in [1.82, 2.24) is 0 Å². The highest BCUT2D eigenvalue weighted by atomic mass is 16.5. The van der Waals surface area contributed by atoms with Crippen LogP contribution in [0.15, 0.2) is 65.8 Å². The highest BCUT2D eigenvalue weighted by molar-refractivity contribution is 6.43. The van der Waals surface area contributed by atoms with E-state index in [4.69, 9.17) is 4.65 Å². The quantitative estimate of drug-likeness (QED) is 0.676. The molecule has 1 atom stereocenters. The van der Waals surface area contributed by atoms with Crippen molar-refractivity contribution < 1.29 is 19.9 Å². The van der Waals surface area contributed by atoms with Crippen molar-refractivity contribution in [2.75, 3.05) is 6.61 Å². The summed E-state index contributed by atoms with van der Waals surface area (Å²) in [6, 6.07) is 11.4. The van der Waals surface area contributed by atoms with E-state index in [-0.39, 0.29) is 18.5 Å². The Morgan fingerprint density at radius 1 is 1.26 bits per heavy atom. The normalized spacial score (nSPS) is 17.9. The van der Waals surface area contributed by atoms with Crippen molar-refractivity contribution in [3.63, 3.8) is 0 Å². The second-order valence-electron chi connectivity index (χ2n) is 6.99. The molecule has 1 aliphatic rings. The van der Waals surface area contributed by atoms with E-state index in [1.807, 2.05) is 36.4 Å². The lowest BCUT2D eigenvalue weighted by molar-refractivity contribution is 0.180. The first-order chi connectivity index (χ1) is 13.0. The number of benzene rings is 2. The summed E-state index contributed by atoms with van der Waals surface area (Å²) >= 11 is 0. The summed E-state index contributed by atoms with van der Waals surface area (Å²) in [5, 5.41) is 31.1. The van der Waals surface area contributed by atoms with Gasteiger partial charge in [0.05, 0.1) is 12.7 Å². The average Bonchev–Trinajstić information content (AvgIpc) is 2.68. The van der Waals surface area contributed by atoms with Crippen LogP contribution in [0.1, 0.15) is 25.3 Å². The fourth-order valence-corrected chi connectivity index (χ4v) is 3.49. The van der Waals surface area contributed by atoms with Gasteiger partial charge in [-0.25, -0.2) is 0 Å². The molecule has 0 saturated heterocycles. The molecular weight excluding hydrogens is 339 g/mol. The molecule has 1 unspecified atom stereocenters. The third kappa shape index (κ3) is 4.50. The van der Waals surface area contributed by atoms with E-state index in [0.717, 1.165) is 28.3 Å². The Morgan fingerprint density at radius 3 is 2.74 bits per heavy atom. The first-order valence-electron chi connectivity index (χ1n) is 9.20. The number of aliphatic hydroxyl groups excluding tert-OH is 1. The lowest BCUT2D eigenvalue weighted by Gasteiger charge is -2.27. The first-order valence-corrected chi connectivity index (χ1v) is 9.20. The lowest BCUT2D eigenvalue weighted by atomic mass is 9.78. The van der Waals surface area contributed by atoms with Gasteiger partial charge in [0.2, 0.25) is 0 Å². The van der Waals surface area contributed by atoms with Crippen LogP contribution in [0.25, 0.3) is 16.8 Å². The van der Waals surface area contributed by atoms with E-state index in [0.29, 0.717) is 18.3 Å². The highest BCUT2D eigenvalue weighted by Crippen LogP contribution is 2.30. The Hall–Kier alpha value is -2.34. The minimum Gasteiger partial charge on any atom is -0.507 e. The molecule has 2 aromatic carbocycles. The monoisotopic (exact) mass is 364 g/mol. The molecule has 0 bridgehead atoms. The van der Waals surface area contributed by atoms with Crippen LogP contribution < -0.4 is 0 Å². The number of hydrogen-bond donors (Lipinski definition) is 3. The summed E-state index contributed by atoms with van der Waals surface area (Å²) in [6.45, 7) is 5.84. The highest BCUT2D eigenvalue weighted by Gasteiger charge is 2.27. The Labute approximate surface area is 160 Å². The summed E-state index contributed by atoms with van der Waals surface area (Å²) < 4.78 is 5.66. The Morgan fingerprint density at radius 2 is 2.00 bits per heavy atom. The molecule has 4 nitrogen and oxygen atoms in total. The van der Waals surface area contributed by atoms with Crippen LogP contribution in [0, 0.1) is 0 Å². The first kappa shape index (κ1) is 19.4. The maximum Gasteiger partial charge on any atom is 0.458 e. The van der Waals surface area contributed by atoms with Crippen LogP contribution in [-0.4, -0.2) is 35.1 Å². The molecule has 3 rings (SSSR count). The summed E-state index contributed by atoms with van der Waals surface area (Å²) in [6.07, 6.45) is 5.64. The number of aromatic hydroxyl groups is 1. The molecule has 1 heterocycles. The zero-order valence-corrected chi connectivity index (χ0v) is 15.6. The number of phenolic OH excluding ortho intramolecular Hbond substituents is 1. The number of aliphatic hydroxyl groups is 1. The molecule has 0 fully saturated rings. The van der Waals surface area contributed by atoms with Gasteiger partial charge >= 0.3 is 7.12 Å². The molecule has 5 heteroatoms. The molecule has 2 aromatic rings. The average molecular weight is 364 g/mol. The van der Waals surface area contributed by atoms with Gasteiger partial charge in [-0.1, -0.05) is 54.6 Å². The smallest absolute Gasteiger partial charge is 0.458 e. The number of allylic oxidation sites excluding steroid dienone is 2. The standard InChI is InChI=1S/C22H25BO4/c1-15(7-10-22-18(16(2)14-24)11-12-23(26)27-22)13-17-8-9-21(25)20-6-4-3-5-19(17)20/h3-6,8-9,11,13,22,24-26H,2,7,10,12,14H2,1H3/b15-13+. The molecule has 3 N–H and O–H groups in total. The third-order valence-corrected chi connectivity index (χ3v) is 4.94. The van der Waals surface area contributed by atoms with E-state index in [2.05, 4.69) is 19.6 Å². The van der Waals surface area contributed by atoms with Crippen LogP contribution in [0.5, 0.6) is 5.75 Å². The van der Waals surface area contributed by atoms with Crippen LogP contribution in [0.2, 0.25) is 6.32 Å². The van der Waals surface area contributed by atoms with Crippen LogP contribution in [0.4, 0.5) is 0 Å². The van der Waals surface area contributed by atoms with Crippen molar-refractivity contribution in [3.05, 3.63) is 71.3 Å². The number of rotatable bonds is 6. The van der Waals surface area contributed by atoms with Gasteiger partial charge in [0, 0.05) is 11.7 Å². The van der Waals surface area contributed by atoms with E-state index in [1.165, 1.54) is 5.57 Å². The van der Waals surface area contributed by atoms with Gasteiger partial charge in [-0.15, -0.1) is 0 Å². The predicted molar refractivity (Wildman–Crippen MR) is 110 cm³/mol. The zero-order chi connectivity index (χ0) is 19.4. The van der Waals surface area contributed by atoms with Crippen LogP contribution >= 0.6 is 0 Å². The van der Waals surface area contributed by atoms with Crippen molar-refractivity contribution in [2.45, 2.75) is 32.2 Å². The largest absolute Gasteiger partial charge is 0.507 e. The summed E-state index contributed by atoms with van der Waals surface area (Å²) in [5.74, 6) is 0.280. The third-order valence-electron chi connectivity index (χ3n) is 4.94. The maximum atomic E-state index is 10.0. The van der Waals surface area contributed by atoms with E-state index >= 15 is 0 Å². The van der Waals surface area contributed by atoms with Gasteiger partial charge < -0.3 is 19.9 Å². The summed E-state index contributed by atoms with van der Waals surface area (Å²) in [7, 11) is -0.810. The lowest BCUT2D eigenvalue weighted by Crippen LogP contribution is -2.32. The number of phenols is 1. The second kappa shape index (κ2) is 8.57. The molecule has 1 aliphatic heterocycles. The minimum atomic E-state index is -0.810. The molecule has 27 heavy (non-hydrogen) atoms. The number of fused-ring (bicyclic) bond motifs is 1. The topological polar surface area (TPSA) is 69.9 Å². The Kier molecular flexibility index (Phi) is 6.17. The minimum absolute atomic E-state index is 0.115. The van der Waals surface area contributed by atoms with Gasteiger partial charge in [0.1, 0.15) is 5.75 Å². The van der Waals surface area contributed by atoms with Gasteiger partial charge in [-0.2, -0.15) is 0 Å². The number of hydrogen-bond acceptors (Lipinski definition) is 4. The SMILES string of the molecule is C=C(CO)C1=CCB(O)OC1CC/C(C)=C/c1ccc(O)c2ccccc12. The molecular formula is C22H25BO4. The summed E-state index contributed by atoms with van der Waals surface area (Å²) in [5.41, 5.74) is 3.74. The fourth-order valence-electron chi connectivity index (χ4n) is 3.49. The van der Waals surface area contributed by atoms with Crippen molar-refractivity contribution in [3.8, 4) is 5.75 Å². The molecule has 0 aliphatic carbocycles. The molecule has 0 saturated carbocycles. The Balaban J connectivity index is 1.77. The molecule has 0 spiro atoms. The summed E-state index contributed by atoms with van der Waals surface area (Å²) in [4.78, 5) is 0. The van der Waals surface area contributed by atoms with Crippen LogP contribution in [-0.2, 0) is 4.65 Å². The van der Waals surface area contributed by atoms with E-state index in [9.17, 15) is 15.2 Å². The Bertz CT molecular complexity index is 900. The van der Waals surface area contributed by atoms with E-state index in [1.54, 1.807) is 6.07 Å². The van der Waals surface area contributed by atoms with Crippen molar-refractivity contribution in [1.29, 1.82) is 0 Å². The van der Waals surface area contributed by atoms with Crippen LogP contribution in [0.3, 0.4) is 0 Å². The predicted octanol–water partition coefficient (Wildman–Crippen LogP) is 4.08. The molecule has 0 amide bonds. The van der Waals surface area contributed by atoms with E-state index < -0.39 is 7.12 Å². The van der Waals surface area contributed by atoms with Crippen molar-refractivity contribution >= 4 is 24.0 Å².